The molecule has 6 heteroatoms. The molecule has 2 N–H and O–H groups in total. The molecule has 0 aliphatic rings. The van der Waals surface area contributed by atoms with Crippen LogP contribution in [0, 0.1) is 0 Å². The van der Waals surface area contributed by atoms with Crippen molar-refractivity contribution in [1.29, 1.82) is 0 Å². The molecule has 0 saturated heterocycles. The molecule has 0 fully saturated rings. The minimum atomic E-state index is -0.627. The van der Waals surface area contributed by atoms with Crippen LogP contribution in [0.25, 0.3) is 0 Å². The maximum Gasteiger partial charge on any atom is 0.408 e. The lowest BCUT2D eigenvalue weighted by atomic mass is 10.2. The Balaban J connectivity index is 1.77. The second-order valence-corrected chi connectivity index (χ2v) is 6.00. The zero-order valence-corrected chi connectivity index (χ0v) is 15.2. The van der Waals surface area contributed by atoms with Crippen molar-refractivity contribution in [2.24, 2.45) is 0 Å². The molecule has 0 spiro atoms. The summed E-state index contributed by atoms with van der Waals surface area (Å²) < 4.78 is 5.60. The molecule has 0 heterocycles. The summed E-state index contributed by atoms with van der Waals surface area (Å²) in [6.45, 7) is 0.597. The molecule has 1 unspecified atom stereocenters. The van der Waals surface area contributed by atoms with Gasteiger partial charge in [0.25, 0.3) is 0 Å². The number of rotatable bonds is 7. The van der Waals surface area contributed by atoms with Gasteiger partial charge in [0, 0.05) is 11.0 Å². The van der Waals surface area contributed by atoms with E-state index >= 15 is 0 Å². The van der Waals surface area contributed by atoms with Crippen LogP contribution in [0.5, 0.6) is 0 Å². The fraction of sp³-hybridized carbons (Fsp3) is 0.222. The van der Waals surface area contributed by atoms with E-state index in [1.54, 1.807) is 0 Å². The van der Waals surface area contributed by atoms with E-state index in [0.717, 1.165) is 11.1 Å². The van der Waals surface area contributed by atoms with Gasteiger partial charge in [0.15, 0.2) is 0 Å². The first kappa shape index (κ1) is 18.3. The van der Waals surface area contributed by atoms with Crippen LogP contribution in [0.2, 0.25) is 0 Å². The van der Waals surface area contributed by atoms with E-state index in [1.807, 2.05) is 60.7 Å². The molecule has 0 aromatic heterocycles. The zero-order valence-electron chi connectivity index (χ0n) is 13.1. The Bertz CT molecular complexity index is 650. The molecule has 1 atom stereocenters. The van der Waals surface area contributed by atoms with E-state index in [2.05, 4.69) is 33.2 Å². The molecule has 0 radical (unpaired) electrons. The van der Waals surface area contributed by atoms with Crippen LogP contribution in [0.15, 0.2) is 60.7 Å². The first-order chi connectivity index (χ1) is 11.7. The highest BCUT2D eigenvalue weighted by Crippen LogP contribution is 2.02. The van der Waals surface area contributed by atoms with Crippen molar-refractivity contribution in [2.45, 2.75) is 19.2 Å². The molecule has 5 nitrogen and oxygen atoms in total. The lowest BCUT2D eigenvalue weighted by molar-refractivity contribution is -0.122. The number of amides is 2. The average Bonchev–Trinajstić information content (AvgIpc) is 2.64. The molecule has 2 aromatic rings. The summed E-state index contributed by atoms with van der Waals surface area (Å²) in [5, 5.41) is 5.41. The monoisotopic (exact) mass is 438 g/mol. The molecule has 2 rings (SSSR count). The molecule has 2 aromatic carbocycles. The number of carbonyl (C=O) groups is 2. The minimum Gasteiger partial charge on any atom is -0.445 e. The number of benzene rings is 2. The maximum atomic E-state index is 12.2. The van der Waals surface area contributed by atoms with Crippen LogP contribution in [-0.2, 0) is 22.7 Å². The van der Waals surface area contributed by atoms with E-state index in [4.69, 9.17) is 4.74 Å². The van der Waals surface area contributed by atoms with Crippen molar-refractivity contribution < 1.29 is 14.3 Å². The van der Waals surface area contributed by atoms with Crippen molar-refractivity contribution >= 4 is 34.6 Å². The molecular weight excluding hydrogens is 419 g/mol. The molecule has 126 valence electrons. The van der Waals surface area contributed by atoms with E-state index in [0.29, 0.717) is 11.0 Å². The maximum absolute atomic E-state index is 12.2. The fourth-order valence-corrected chi connectivity index (χ4v) is 2.61. The Morgan fingerprint density at radius 2 is 1.54 bits per heavy atom. The van der Waals surface area contributed by atoms with Gasteiger partial charge in [-0.25, -0.2) is 4.79 Å². The molecular formula is C18H19IN2O3. The Kier molecular flexibility index (Phi) is 7.54. The van der Waals surface area contributed by atoms with Crippen molar-refractivity contribution in [3.63, 3.8) is 0 Å². The van der Waals surface area contributed by atoms with Gasteiger partial charge in [-0.1, -0.05) is 83.3 Å². The number of carbonyl (C=O) groups excluding carboxylic acids is 2. The van der Waals surface area contributed by atoms with Gasteiger partial charge < -0.3 is 15.4 Å². The summed E-state index contributed by atoms with van der Waals surface area (Å²) in [6.07, 6.45) is -0.601. The van der Waals surface area contributed by atoms with Gasteiger partial charge in [0.05, 0.1) is 0 Å². The van der Waals surface area contributed by atoms with Crippen molar-refractivity contribution in [2.75, 3.05) is 4.43 Å². The second-order valence-electron chi connectivity index (χ2n) is 5.12. The number of alkyl carbamates (subject to hydrolysis) is 1. The summed E-state index contributed by atoms with van der Waals surface area (Å²) in [7, 11) is 0. The third-order valence-corrected chi connectivity index (χ3v) is 4.17. The highest BCUT2D eigenvalue weighted by atomic mass is 127. The van der Waals surface area contributed by atoms with E-state index in [9.17, 15) is 9.59 Å². The Morgan fingerprint density at radius 3 is 2.12 bits per heavy atom. The van der Waals surface area contributed by atoms with Gasteiger partial charge in [0.2, 0.25) is 5.91 Å². The van der Waals surface area contributed by atoms with Crippen LogP contribution < -0.4 is 10.6 Å². The normalized spacial score (nSPS) is 11.4. The summed E-state index contributed by atoms with van der Waals surface area (Å²) in [4.78, 5) is 24.0. The first-order valence-corrected chi connectivity index (χ1v) is 9.06. The molecule has 0 saturated carbocycles. The van der Waals surface area contributed by atoms with Crippen LogP contribution in [0.1, 0.15) is 11.1 Å². The van der Waals surface area contributed by atoms with Gasteiger partial charge in [0.1, 0.15) is 12.6 Å². The van der Waals surface area contributed by atoms with Gasteiger partial charge in [-0.05, 0) is 11.1 Å². The molecule has 0 bridgehead atoms. The minimum absolute atomic E-state index is 0.173. The predicted octanol–water partition coefficient (Wildman–Crippen LogP) is 3.03. The standard InChI is InChI=1S/C18H19IN2O3/c19-11-16(17(22)20-12-14-7-3-1-4-8-14)21-18(23)24-13-15-9-5-2-6-10-15/h1-10,16H,11-13H2,(H,20,22)(H,21,23). The van der Waals surface area contributed by atoms with Crippen molar-refractivity contribution in [3.05, 3.63) is 71.8 Å². The third kappa shape index (κ3) is 6.19. The Hall–Kier alpha value is -2.09. The third-order valence-electron chi connectivity index (χ3n) is 3.29. The summed E-state index contributed by atoms with van der Waals surface area (Å²) in [6, 6.07) is 18.4. The zero-order chi connectivity index (χ0) is 17.2. The first-order valence-electron chi connectivity index (χ1n) is 7.54. The summed E-state index contributed by atoms with van der Waals surface area (Å²) in [5.74, 6) is -0.232. The van der Waals surface area contributed by atoms with Crippen LogP contribution >= 0.6 is 22.6 Å². The molecule has 0 aliphatic carbocycles. The highest BCUT2D eigenvalue weighted by molar-refractivity contribution is 14.1. The number of ether oxygens (including phenoxy) is 1. The lowest BCUT2D eigenvalue weighted by Crippen LogP contribution is -2.47. The van der Waals surface area contributed by atoms with Crippen molar-refractivity contribution in [1.82, 2.24) is 10.6 Å². The number of hydrogen-bond donors (Lipinski definition) is 2. The summed E-state index contributed by atoms with van der Waals surface area (Å²) in [5.41, 5.74) is 1.90. The summed E-state index contributed by atoms with van der Waals surface area (Å²) >= 11 is 2.06. The molecule has 0 aliphatic heterocycles. The van der Waals surface area contributed by atoms with Crippen LogP contribution in [0.4, 0.5) is 4.79 Å². The van der Waals surface area contributed by atoms with Crippen LogP contribution in [-0.4, -0.2) is 22.5 Å². The van der Waals surface area contributed by atoms with Gasteiger partial charge >= 0.3 is 6.09 Å². The predicted molar refractivity (Wildman–Crippen MR) is 101 cm³/mol. The second kappa shape index (κ2) is 9.92. The van der Waals surface area contributed by atoms with Crippen LogP contribution in [0.3, 0.4) is 0 Å². The molecule has 2 amide bonds. The number of hydrogen-bond acceptors (Lipinski definition) is 3. The molecule has 24 heavy (non-hydrogen) atoms. The number of alkyl halides is 1. The smallest absolute Gasteiger partial charge is 0.408 e. The highest BCUT2D eigenvalue weighted by Gasteiger charge is 2.19. The van der Waals surface area contributed by atoms with E-state index in [1.165, 1.54) is 0 Å². The lowest BCUT2D eigenvalue weighted by Gasteiger charge is -2.16. The van der Waals surface area contributed by atoms with Crippen molar-refractivity contribution in [3.8, 4) is 0 Å². The van der Waals surface area contributed by atoms with Gasteiger partial charge in [-0.15, -0.1) is 0 Å². The van der Waals surface area contributed by atoms with Gasteiger partial charge in [-0.2, -0.15) is 0 Å². The van der Waals surface area contributed by atoms with E-state index < -0.39 is 12.1 Å². The average molecular weight is 438 g/mol. The SMILES string of the molecule is O=C(NC(CI)C(=O)NCc1ccccc1)OCc1ccccc1. The Morgan fingerprint density at radius 1 is 0.958 bits per heavy atom. The largest absolute Gasteiger partial charge is 0.445 e. The quantitative estimate of drug-likeness (QED) is 0.516. The number of halogens is 1. The Labute approximate surface area is 154 Å². The topological polar surface area (TPSA) is 67.4 Å². The fourth-order valence-electron chi connectivity index (χ4n) is 1.99. The van der Waals surface area contributed by atoms with Gasteiger partial charge in [-0.3, -0.25) is 4.79 Å². The van der Waals surface area contributed by atoms with E-state index in [-0.39, 0.29) is 12.5 Å². The number of nitrogens with one attached hydrogen (secondary N) is 2.